The van der Waals surface area contributed by atoms with Crippen LogP contribution in [0.5, 0.6) is 0 Å². The van der Waals surface area contributed by atoms with Crippen LogP contribution in [0.1, 0.15) is 0 Å². The van der Waals surface area contributed by atoms with Crippen molar-refractivity contribution in [1.82, 2.24) is 10.2 Å². The number of nitrogens with zero attached hydrogens (tertiary/aromatic N) is 1. The van der Waals surface area contributed by atoms with E-state index in [-0.39, 0.29) is 6.03 Å². The Bertz CT molecular complexity index is 374. The van der Waals surface area contributed by atoms with Crippen LogP contribution in [-0.4, -0.2) is 43.4 Å². The molecule has 0 aliphatic carbocycles. The topological polar surface area (TPSA) is 44.4 Å². The molecule has 1 heterocycles. The van der Waals surface area contributed by atoms with Crippen LogP contribution in [-0.2, 0) is 0 Å². The minimum absolute atomic E-state index is 0.0107. The summed E-state index contributed by atoms with van der Waals surface area (Å²) in [4.78, 5) is 14.9. The van der Waals surface area contributed by atoms with Crippen molar-refractivity contribution in [3.63, 3.8) is 0 Å². The zero-order valence-corrected chi connectivity index (χ0v) is 10.7. The molecule has 17 heavy (non-hydrogen) atoms. The summed E-state index contributed by atoms with van der Waals surface area (Å²) in [6, 6.07) is 7.89. The van der Waals surface area contributed by atoms with Gasteiger partial charge in [-0.3, -0.25) is 0 Å². The monoisotopic (exact) mass is 251 g/mol. The van der Waals surface area contributed by atoms with Crippen LogP contribution in [0.25, 0.3) is 0 Å². The molecule has 1 aromatic rings. The summed E-state index contributed by atoms with van der Waals surface area (Å²) in [5.74, 6) is 0. The van der Waals surface area contributed by atoms with Gasteiger partial charge in [-0.15, -0.1) is 11.8 Å². The zero-order chi connectivity index (χ0) is 12.1. The molecule has 0 aromatic heterocycles. The highest BCUT2D eigenvalue weighted by Crippen LogP contribution is 2.17. The second-order valence-electron chi connectivity index (χ2n) is 3.90. The van der Waals surface area contributed by atoms with Crippen molar-refractivity contribution < 1.29 is 4.79 Å². The predicted octanol–water partition coefficient (Wildman–Crippen LogP) is 1.85. The number of rotatable bonds is 2. The molecule has 0 atom stereocenters. The van der Waals surface area contributed by atoms with Crippen molar-refractivity contribution >= 4 is 23.5 Å². The summed E-state index contributed by atoms with van der Waals surface area (Å²) in [6.07, 6.45) is 2.04. The van der Waals surface area contributed by atoms with Gasteiger partial charge in [-0.25, -0.2) is 4.79 Å². The first-order valence-corrected chi connectivity index (χ1v) is 6.93. The molecule has 2 amide bonds. The van der Waals surface area contributed by atoms with Gasteiger partial charge in [0.1, 0.15) is 0 Å². The zero-order valence-electron chi connectivity index (χ0n) is 9.90. The molecule has 2 rings (SSSR count). The molecular formula is C12H17N3OS. The third-order valence-electron chi connectivity index (χ3n) is 2.75. The number of anilines is 1. The van der Waals surface area contributed by atoms with Crippen molar-refractivity contribution in [2.24, 2.45) is 0 Å². The molecule has 1 aliphatic rings. The highest BCUT2D eigenvalue weighted by atomic mass is 32.2. The van der Waals surface area contributed by atoms with Crippen molar-refractivity contribution in [2.75, 3.05) is 37.8 Å². The molecule has 92 valence electrons. The fourth-order valence-electron chi connectivity index (χ4n) is 1.74. The van der Waals surface area contributed by atoms with E-state index >= 15 is 0 Å². The van der Waals surface area contributed by atoms with Crippen molar-refractivity contribution in [1.29, 1.82) is 0 Å². The summed E-state index contributed by atoms with van der Waals surface area (Å²) >= 11 is 1.69. The number of hydrogen-bond donors (Lipinski definition) is 2. The summed E-state index contributed by atoms with van der Waals surface area (Å²) < 4.78 is 0. The Hall–Kier alpha value is -1.20. The predicted molar refractivity (Wildman–Crippen MR) is 71.7 cm³/mol. The molecule has 0 bridgehead atoms. The Kier molecular flexibility index (Phi) is 4.28. The molecule has 1 saturated heterocycles. The number of piperazine rings is 1. The molecule has 1 fully saturated rings. The third kappa shape index (κ3) is 3.38. The number of benzene rings is 1. The maximum absolute atomic E-state index is 11.9. The van der Waals surface area contributed by atoms with E-state index in [9.17, 15) is 4.79 Å². The largest absolute Gasteiger partial charge is 0.322 e. The van der Waals surface area contributed by atoms with Gasteiger partial charge >= 0.3 is 6.03 Å². The molecule has 5 heteroatoms. The molecular weight excluding hydrogens is 234 g/mol. The van der Waals surface area contributed by atoms with Crippen LogP contribution in [0, 0.1) is 0 Å². The van der Waals surface area contributed by atoms with Crippen LogP contribution in [0.15, 0.2) is 29.2 Å². The van der Waals surface area contributed by atoms with Crippen molar-refractivity contribution in [3.8, 4) is 0 Å². The lowest BCUT2D eigenvalue weighted by Crippen LogP contribution is -2.48. The normalized spacial score (nSPS) is 15.7. The van der Waals surface area contributed by atoms with Crippen LogP contribution in [0.3, 0.4) is 0 Å². The molecule has 1 aliphatic heterocycles. The minimum atomic E-state index is -0.0107. The average Bonchev–Trinajstić information content (AvgIpc) is 2.40. The van der Waals surface area contributed by atoms with Crippen LogP contribution in [0.4, 0.5) is 10.5 Å². The van der Waals surface area contributed by atoms with Gasteiger partial charge in [0.2, 0.25) is 0 Å². The molecule has 0 saturated carbocycles. The number of amides is 2. The number of carbonyl (C=O) groups is 1. The smallest absolute Gasteiger partial charge is 0.321 e. The molecule has 4 nitrogen and oxygen atoms in total. The third-order valence-corrected chi connectivity index (χ3v) is 3.49. The SMILES string of the molecule is CSc1ccc(NC(=O)N2CCNCC2)cc1. The number of nitrogens with one attached hydrogen (secondary N) is 2. The van der Waals surface area contributed by atoms with Crippen LogP contribution in [0.2, 0.25) is 0 Å². The lowest BCUT2D eigenvalue weighted by Gasteiger charge is -2.27. The van der Waals surface area contributed by atoms with Gasteiger partial charge in [0.05, 0.1) is 0 Å². The van der Waals surface area contributed by atoms with E-state index < -0.39 is 0 Å². The summed E-state index contributed by atoms with van der Waals surface area (Å²) in [5.41, 5.74) is 0.853. The Balaban J connectivity index is 1.92. The van der Waals surface area contributed by atoms with Gasteiger partial charge < -0.3 is 15.5 Å². The number of thioether (sulfide) groups is 1. The van der Waals surface area contributed by atoms with E-state index in [0.717, 1.165) is 31.9 Å². The molecule has 2 N–H and O–H groups in total. The van der Waals surface area contributed by atoms with Crippen molar-refractivity contribution in [3.05, 3.63) is 24.3 Å². The molecule has 0 radical (unpaired) electrons. The summed E-state index contributed by atoms with van der Waals surface area (Å²) in [6.45, 7) is 3.29. The highest BCUT2D eigenvalue weighted by molar-refractivity contribution is 7.98. The van der Waals surface area contributed by atoms with Crippen LogP contribution < -0.4 is 10.6 Å². The fraction of sp³-hybridized carbons (Fsp3) is 0.417. The van der Waals surface area contributed by atoms with Crippen molar-refractivity contribution in [2.45, 2.75) is 4.90 Å². The van der Waals surface area contributed by atoms with E-state index in [1.165, 1.54) is 4.90 Å². The van der Waals surface area contributed by atoms with Gasteiger partial charge in [0.15, 0.2) is 0 Å². The maximum Gasteiger partial charge on any atom is 0.321 e. The van der Waals surface area contributed by atoms with Gasteiger partial charge in [0.25, 0.3) is 0 Å². The van der Waals surface area contributed by atoms with E-state index in [4.69, 9.17) is 0 Å². The van der Waals surface area contributed by atoms with E-state index in [0.29, 0.717) is 0 Å². The lowest BCUT2D eigenvalue weighted by atomic mass is 10.3. The molecule has 1 aromatic carbocycles. The Morgan fingerprint density at radius 1 is 1.29 bits per heavy atom. The van der Waals surface area contributed by atoms with Crippen LogP contribution >= 0.6 is 11.8 Å². The Labute approximate surface area is 106 Å². The first-order valence-electron chi connectivity index (χ1n) is 5.70. The van der Waals surface area contributed by atoms with Gasteiger partial charge in [-0.05, 0) is 30.5 Å². The second-order valence-corrected chi connectivity index (χ2v) is 4.78. The number of urea groups is 1. The molecule has 0 spiro atoms. The Morgan fingerprint density at radius 3 is 2.53 bits per heavy atom. The fourth-order valence-corrected chi connectivity index (χ4v) is 2.15. The first-order chi connectivity index (χ1) is 8.29. The quantitative estimate of drug-likeness (QED) is 0.788. The highest BCUT2D eigenvalue weighted by Gasteiger charge is 2.15. The van der Waals surface area contributed by atoms with E-state index in [2.05, 4.69) is 10.6 Å². The van der Waals surface area contributed by atoms with Gasteiger partial charge in [-0.1, -0.05) is 0 Å². The Morgan fingerprint density at radius 2 is 1.94 bits per heavy atom. The maximum atomic E-state index is 11.9. The van der Waals surface area contributed by atoms with E-state index in [1.54, 1.807) is 11.8 Å². The van der Waals surface area contributed by atoms with Gasteiger partial charge in [0, 0.05) is 36.8 Å². The lowest BCUT2D eigenvalue weighted by molar-refractivity contribution is 0.204. The summed E-state index contributed by atoms with van der Waals surface area (Å²) in [5, 5.41) is 6.14. The standard InChI is InChI=1S/C12H17N3OS/c1-17-11-4-2-10(3-5-11)14-12(16)15-8-6-13-7-9-15/h2-5,13H,6-9H2,1H3,(H,14,16). The van der Waals surface area contributed by atoms with Gasteiger partial charge in [-0.2, -0.15) is 0 Å². The molecule has 0 unspecified atom stereocenters. The number of hydrogen-bond acceptors (Lipinski definition) is 3. The minimum Gasteiger partial charge on any atom is -0.322 e. The summed E-state index contributed by atoms with van der Waals surface area (Å²) in [7, 11) is 0. The van der Waals surface area contributed by atoms with E-state index in [1.807, 2.05) is 35.4 Å². The average molecular weight is 251 g/mol. The second kappa shape index (κ2) is 5.93. The number of carbonyl (C=O) groups excluding carboxylic acids is 1. The first kappa shape index (κ1) is 12.3.